The summed E-state index contributed by atoms with van der Waals surface area (Å²) in [5.41, 5.74) is 4.85. The molecule has 0 N–H and O–H groups in total. The van der Waals surface area contributed by atoms with Gasteiger partial charge in [-0.15, -0.1) is 0 Å². The number of methoxy groups -OCH3 is 3. The van der Waals surface area contributed by atoms with Gasteiger partial charge in [-0.2, -0.15) is 4.57 Å². The first-order valence-electron chi connectivity index (χ1n) is 11.3. The van der Waals surface area contributed by atoms with Crippen molar-refractivity contribution >= 4 is 38.0 Å². The van der Waals surface area contributed by atoms with Crippen molar-refractivity contribution in [2.75, 3.05) is 21.3 Å². The summed E-state index contributed by atoms with van der Waals surface area (Å²) >= 11 is 0. The molecule has 0 amide bonds. The van der Waals surface area contributed by atoms with Crippen molar-refractivity contribution in [1.82, 2.24) is 0 Å². The maximum atomic E-state index is 5.90. The molecule has 0 atom stereocenters. The van der Waals surface area contributed by atoms with Crippen molar-refractivity contribution in [1.29, 1.82) is 0 Å². The van der Waals surface area contributed by atoms with E-state index in [-0.39, 0.29) is 12.4 Å². The van der Waals surface area contributed by atoms with Gasteiger partial charge in [0.2, 0.25) is 5.52 Å². The van der Waals surface area contributed by atoms with Crippen molar-refractivity contribution in [2.45, 2.75) is 32.6 Å². The van der Waals surface area contributed by atoms with E-state index in [4.69, 9.17) is 14.2 Å². The highest BCUT2D eigenvalue weighted by Crippen LogP contribution is 2.46. The molecule has 5 heteroatoms. The normalized spacial score (nSPS) is 13.7. The molecule has 33 heavy (non-hydrogen) atoms. The number of pyridine rings is 1. The average Bonchev–Trinajstić information content (AvgIpc) is 2.82. The SMILES string of the molecule is COc1cc2c(ccc3c4ccc(C)c(OC)c4c[n+](C)c23)c(C2=CCCCC2)c1OC.[Cl-]. The fourth-order valence-electron chi connectivity index (χ4n) is 5.35. The number of allylic oxidation sites excluding steroid dienone is 2. The molecule has 1 heterocycles. The van der Waals surface area contributed by atoms with Crippen LogP contribution in [-0.4, -0.2) is 21.3 Å². The lowest BCUT2D eigenvalue weighted by molar-refractivity contribution is -0.642. The van der Waals surface area contributed by atoms with Crippen LogP contribution in [0.3, 0.4) is 0 Å². The van der Waals surface area contributed by atoms with Crippen LogP contribution in [0.5, 0.6) is 17.2 Å². The highest BCUT2D eigenvalue weighted by Gasteiger charge is 2.24. The van der Waals surface area contributed by atoms with E-state index < -0.39 is 0 Å². The summed E-state index contributed by atoms with van der Waals surface area (Å²) in [6.07, 6.45) is 9.19. The van der Waals surface area contributed by atoms with Crippen LogP contribution in [0, 0.1) is 6.92 Å². The molecule has 1 aromatic heterocycles. The Morgan fingerprint density at radius 3 is 2.18 bits per heavy atom. The number of ether oxygens (including phenoxy) is 3. The molecule has 5 rings (SSSR count). The first kappa shape index (κ1) is 23.2. The van der Waals surface area contributed by atoms with Gasteiger partial charge in [0, 0.05) is 10.9 Å². The lowest BCUT2D eigenvalue weighted by Crippen LogP contribution is -3.00. The number of fused-ring (bicyclic) bond motifs is 5. The number of benzene rings is 3. The van der Waals surface area contributed by atoms with Crippen LogP contribution >= 0.6 is 0 Å². The minimum atomic E-state index is 0. The number of aryl methyl sites for hydroxylation is 2. The third-order valence-corrected chi connectivity index (χ3v) is 6.81. The Morgan fingerprint density at radius 2 is 1.52 bits per heavy atom. The smallest absolute Gasteiger partial charge is 0.220 e. The molecule has 3 aromatic carbocycles. The number of halogens is 1. The number of hydrogen-bond donors (Lipinski definition) is 0. The number of hydrogen-bond acceptors (Lipinski definition) is 3. The minimum absolute atomic E-state index is 0. The summed E-state index contributed by atoms with van der Waals surface area (Å²) in [6, 6.07) is 11.0. The molecule has 172 valence electrons. The van der Waals surface area contributed by atoms with Crippen LogP contribution in [0.4, 0.5) is 0 Å². The van der Waals surface area contributed by atoms with Gasteiger partial charge in [0.15, 0.2) is 17.7 Å². The van der Waals surface area contributed by atoms with Crippen LogP contribution < -0.4 is 31.2 Å². The third-order valence-electron chi connectivity index (χ3n) is 6.81. The largest absolute Gasteiger partial charge is 1.00 e. The molecule has 0 radical (unpaired) electrons. The van der Waals surface area contributed by atoms with E-state index in [1.54, 1.807) is 21.3 Å². The third kappa shape index (κ3) is 3.57. The van der Waals surface area contributed by atoms with Gasteiger partial charge < -0.3 is 26.6 Å². The summed E-state index contributed by atoms with van der Waals surface area (Å²) in [7, 11) is 7.31. The fraction of sp³-hybridized carbons (Fsp3) is 0.321. The van der Waals surface area contributed by atoms with Crippen molar-refractivity contribution < 1.29 is 31.2 Å². The van der Waals surface area contributed by atoms with Crippen LogP contribution in [0.1, 0.15) is 36.8 Å². The van der Waals surface area contributed by atoms with Crippen LogP contribution in [0.2, 0.25) is 0 Å². The van der Waals surface area contributed by atoms with E-state index in [1.807, 2.05) is 0 Å². The second kappa shape index (κ2) is 9.11. The molecule has 0 aliphatic heterocycles. The van der Waals surface area contributed by atoms with E-state index in [9.17, 15) is 0 Å². The molecule has 4 nitrogen and oxygen atoms in total. The second-order valence-electron chi connectivity index (χ2n) is 8.64. The zero-order valence-corrected chi connectivity index (χ0v) is 20.7. The summed E-state index contributed by atoms with van der Waals surface area (Å²) in [6.45, 7) is 2.09. The molecular formula is C28H30ClNO3. The molecule has 0 saturated heterocycles. The quantitative estimate of drug-likeness (QED) is 0.344. The molecule has 0 saturated carbocycles. The summed E-state index contributed by atoms with van der Waals surface area (Å²) in [4.78, 5) is 0. The molecule has 0 unspecified atom stereocenters. The summed E-state index contributed by atoms with van der Waals surface area (Å²) in [5.74, 6) is 2.53. The van der Waals surface area contributed by atoms with E-state index in [1.165, 1.54) is 51.0 Å². The number of aromatic nitrogens is 1. The average molecular weight is 464 g/mol. The van der Waals surface area contributed by atoms with Gasteiger partial charge in [0.25, 0.3) is 0 Å². The van der Waals surface area contributed by atoms with E-state index in [0.29, 0.717) is 0 Å². The Kier molecular flexibility index (Phi) is 6.40. The van der Waals surface area contributed by atoms with Gasteiger partial charge >= 0.3 is 0 Å². The Morgan fingerprint density at radius 1 is 0.788 bits per heavy atom. The maximum absolute atomic E-state index is 5.90. The van der Waals surface area contributed by atoms with Gasteiger partial charge in [-0.25, -0.2) is 0 Å². The molecule has 0 bridgehead atoms. The second-order valence-corrected chi connectivity index (χ2v) is 8.64. The van der Waals surface area contributed by atoms with E-state index in [2.05, 4.69) is 61.1 Å². The molecule has 0 spiro atoms. The predicted molar refractivity (Wildman–Crippen MR) is 131 cm³/mol. The molecular weight excluding hydrogens is 434 g/mol. The van der Waals surface area contributed by atoms with Crippen LogP contribution in [0.25, 0.3) is 38.0 Å². The summed E-state index contributed by atoms with van der Waals surface area (Å²) < 4.78 is 19.7. The number of nitrogens with zero attached hydrogens (tertiary/aromatic N) is 1. The molecule has 0 fully saturated rings. The van der Waals surface area contributed by atoms with Gasteiger partial charge in [-0.05, 0) is 61.3 Å². The lowest BCUT2D eigenvalue weighted by atomic mass is 9.88. The van der Waals surface area contributed by atoms with E-state index >= 15 is 0 Å². The monoisotopic (exact) mass is 463 g/mol. The first-order valence-corrected chi connectivity index (χ1v) is 11.3. The van der Waals surface area contributed by atoms with Gasteiger partial charge in [0.05, 0.1) is 37.5 Å². The highest BCUT2D eigenvalue weighted by atomic mass is 35.5. The van der Waals surface area contributed by atoms with E-state index in [0.717, 1.165) is 41.0 Å². The fourth-order valence-corrected chi connectivity index (χ4v) is 5.35. The predicted octanol–water partition coefficient (Wildman–Crippen LogP) is 3.27. The Labute approximate surface area is 201 Å². The van der Waals surface area contributed by atoms with Crippen LogP contribution in [0.15, 0.2) is 42.6 Å². The van der Waals surface area contributed by atoms with Gasteiger partial charge in [0.1, 0.15) is 12.8 Å². The van der Waals surface area contributed by atoms with Crippen molar-refractivity contribution in [3.8, 4) is 17.2 Å². The molecule has 1 aliphatic rings. The topological polar surface area (TPSA) is 31.6 Å². The van der Waals surface area contributed by atoms with Crippen molar-refractivity contribution in [2.24, 2.45) is 7.05 Å². The lowest BCUT2D eigenvalue weighted by Gasteiger charge is -2.21. The van der Waals surface area contributed by atoms with Crippen molar-refractivity contribution in [3.05, 3.63) is 53.7 Å². The minimum Gasteiger partial charge on any atom is -1.00 e. The zero-order valence-electron chi connectivity index (χ0n) is 19.9. The molecule has 4 aromatic rings. The highest BCUT2D eigenvalue weighted by molar-refractivity contribution is 6.17. The standard InChI is InChI=1S/C28H30NO3.ClH/c1-17-11-12-19-21-14-13-20-22(26(21)29(2)16-23(19)27(17)31-4)15-24(30-3)28(32-5)25(20)18-9-7-6-8-10-18;/h9,11-16H,6-8,10H2,1-5H3;1H/q+1;/p-1. The molecule has 1 aliphatic carbocycles. The zero-order chi connectivity index (χ0) is 22.4. The number of rotatable bonds is 4. The first-order chi connectivity index (χ1) is 15.6. The van der Waals surface area contributed by atoms with Gasteiger partial charge in [-0.1, -0.05) is 24.3 Å². The Hall–Kier alpha value is -2.98. The summed E-state index contributed by atoms with van der Waals surface area (Å²) in [5, 5.41) is 5.89. The van der Waals surface area contributed by atoms with Gasteiger partial charge in [-0.3, -0.25) is 0 Å². The van der Waals surface area contributed by atoms with Crippen molar-refractivity contribution in [3.63, 3.8) is 0 Å². The maximum Gasteiger partial charge on any atom is 0.220 e. The van der Waals surface area contributed by atoms with Crippen LogP contribution in [-0.2, 0) is 7.05 Å². The Balaban J connectivity index is 0.00000259. The Bertz CT molecular complexity index is 1410.